The fourth-order valence-electron chi connectivity index (χ4n) is 1.10. The molecule has 4 nitrogen and oxygen atoms in total. The van der Waals surface area contributed by atoms with E-state index in [1.807, 2.05) is 0 Å². The topological polar surface area (TPSA) is 78.3 Å². The molecule has 0 heterocycles. The zero-order chi connectivity index (χ0) is 12.4. The summed E-state index contributed by atoms with van der Waals surface area (Å²) in [6.45, 7) is 0. The molecule has 90 valence electrons. The van der Waals surface area contributed by atoms with Crippen LogP contribution >= 0.6 is 7.67 Å². The Morgan fingerprint density at radius 3 is 2.06 bits per heavy atom. The fraction of sp³-hybridized carbons (Fsp3) is 0.250. The quantitative estimate of drug-likeness (QED) is 0.811. The molecule has 0 aliphatic rings. The molecule has 0 fully saturated rings. The van der Waals surface area contributed by atoms with Crippen LogP contribution in [0.5, 0.6) is 0 Å². The molecule has 0 saturated heterocycles. The van der Waals surface area contributed by atoms with E-state index in [9.17, 15) is 17.7 Å². The third kappa shape index (κ3) is 3.94. The standard InChI is InChI=1S/C8H10F3N2O2P/c9-8(10,11)7(15-16(12,13)14)6-4-2-1-3-5-6/h1-5,7H,(H4,12,13,14)/t7-/m0/s1. The predicted molar refractivity (Wildman–Crippen MR) is 52.3 cm³/mol. The van der Waals surface area contributed by atoms with Gasteiger partial charge in [-0.1, -0.05) is 30.3 Å². The molecule has 0 aliphatic carbocycles. The van der Waals surface area contributed by atoms with Crippen LogP contribution in [0.15, 0.2) is 30.3 Å². The highest BCUT2D eigenvalue weighted by atomic mass is 31.2. The molecular formula is C8H10F3N2O2P. The van der Waals surface area contributed by atoms with Crippen LogP contribution in [0.1, 0.15) is 11.7 Å². The van der Waals surface area contributed by atoms with E-state index in [4.69, 9.17) is 11.0 Å². The van der Waals surface area contributed by atoms with Gasteiger partial charge in [0.2, 0.25) is 0 Å². The average molecular weight is 254 g/mol. The van der Waals surface area contributed by atoms with E-state index in [0.29, 0.717) is 0 Å². The van der Waals surface area contributed by atoms with Crippen molar-refractivity contribution in [3.8, 4) is 0 Å². The molecule has 0 bridgehead atoms. The van der Waals surface area contributed by atoms with Gasteiger partial charge in [0.1, 0.15) is 0 Å². The van der Waals surface area contributed by atoms with Crippen LogP contribution in [-0.2, 0) is 9.09 Å². The first kappa shape index (κ1) is 13.2. The molecule has 0 unspecified atom stereocenters. The summed E-state index contributed by atoms with van der Waals surface area (Å²) < 4.78 is 52.8. The van der Waals surface area contributed by atoms with E-state index in [1.54, 1.807) is 6.07 Å². The van der Waals surface area contributed by atoms with Crippen molar-refractivity contribution in [3.63, 3.8) is 0 Å². The van der Waals surface area contributed by atoms with Crippen molar-refractivity contribution in [2.45, 2.75) is 12.3 Å². The SMILES string of the molecule is NP(N)(=O)O[C@@H](c1ccccc1)C(F)(F)F. The summed E-state index contributed by atoms with van der Waals surface area (Å²) in [5.74, 6) is 0. The summed E-state index contributed by atoms with van der Waals surface area (Å²) in [6.07, 6.45) is -7.11. The molecule has 4 N–H and O–H groups in total. The Morgan fingerprint density at radius 2 is 1.69 bits per heavy atom. The average Bonchev–Trinajstić information content (AvgIpc) is 2.13. The van der Waals surface area contributed by atoms with Crippen molar-refractivity contribution in [1.29, 1.82) is 0 Å². The van der Waals surface area contributed by atoms with Crippen LogP contribution in [0.25, 0.3) is 0 Å². The van der Waals surface area contributed by atoms with Crippen LogP contribution in [0.4, 0.5) is 13.2 Å². The molecule has 0 spiro atoms. The molecule has 0 saturated carbocycles. The highest BCUT2D eigenvalue weighted by molar-refractivity contribution is 7.53. The Hall–Kier alpha value is -0.880. The molecule has 1 aromatic rings. The van der Waals surface area contributed by atoms with Crippen molar-refractivity contribution in [2.75, 3.05) is 0 Å². The van der Waals surface area contributed by atoms with Crippen LogP contribution < -0.4 is 11.0 Å². The lowest BCUT2D eigenvalue weighted by molar-refractivity contribution is -0.197. The first-order valence-electron chi connectivity index (χ1n) is 4.17. The Balaban J connectivity index is 3.03. The molecule has 16 heavy (non-hydrogen) atoms. The number of rotatable bonds is 3. The first-order chi connectivity index (χ1) is 7.20. The van der Waals surface area contributed by atoms with E-state index in [0.717, 1.165) is 0 Å². The third-order valence-corrected chi connectivity index (χ3v) is 2.21. The molecule has 0 amide bonds. The Labute approximate surface area is 89.9 Å². The molecular weight excluding hydrogens is 244 g/mol. The largest absolute Gasteiger partial charge is 0.419 e. The van der Waals surface area contributed by atoms with Crippen LogP contribution in [0.2, 0.25) is 0 Å². The summed E-state index contributed by atoms with van der Waals surface area (Å²) in [5.41, 5.74) is 9.36. The summed E-state index contributed by atoms with van der Waals surface area (Å²) in [4.78, 5) is 0. The summed E-state index contributed by atoms with van der Waals surface area (Å²) in [7, 11) is -4.20. The van der Waals surface area contributed by atoms with Crippen molar-refractivity contribution in [1.82, 2.24) is 0 Å². The number of hydrogen-bond acceptors (Lipinski definition) is 2. The maximum atomic E-state index is 12.6. The van der Waals surface area contributed by atoms with E-state index in [1.165, 1.54) is 24.3 Å². The molecule has 8 heteroatoms. The maximum Gasteiger partial charge on any atom is 0.419 e. The van der Waals surface area contributed by atoms with Crippen LogP contribution in [0.3, 0.4) is 0 Å². The minimum absolute atomic E-state index is 0.203. The highest BCUT2D eigenvalue weighted by Gasteiger charge is 2.44. The minimum atomic E-state index is -4.73. The molecule has 0 radical (unpaired) electrons. The monoisotopic (exact) mass is 254 g/mol. The van der Waals surface area contributed by atoms with E-state index in [2.05, 4.69) is 4.52 Å². The maximum absolute atomic E-state index is 12.6. The van der Waals surface area contributed by atoms with Gasteiger partial charge in [0.05, 0.1) is 0 Å². The van der Waals surface area contributed by atoms with Gasteiger partial charge in [0, 0.05) is 0 Å². The molecule has 1 aromatic carbocycles. The van der Waals surface area contributed by atoms with Crippen molar-refractivity contribution in [3.05, 3.63) is 35.9 Å². The number of alkyl halides is 3. The Bertz CT molecular complexity index is 390. The van der Waals surface area contributed by atoms with E-state index in [-0.39, 0.29) is 5.56 Å². The Kier molecular flexibility index (Phi) is 3.75. The second-order valence-electron chi connectivity index (χ2n) is 3.08. The zero-order valence-corrected chi connectivity index (χ0v) is 8.91. The van der Waals surface area contributed by atoms with Gasteiger partial charge < -0.3 is 0 Å². The minimum Gasteiger partial charge on any atom is -0.289 e. The van der Waals surface area contributed by atoms with Gasteiger partial charge >= 0.3 is 13.8 Å². The van der Waals surface area contributed by atoms with Gasteiger partial charge in [-0.05, 0) is 5.56 Å². The second-order valence-corrected chi connectivity index (χ2v) is 4.58. The lowest BCUT2D eigenvalue weighted by Crippen LogP contribution is -2.25. The summed E-state index contributed by atoms with van der Waals surface area (Å²) >= 11 is 0. The van der Waals surface area contributed by atoms with Gasteiger partial charge in [0.15, 0.2) is 6.10 Å². The normalized spacial score (nSPS) is 14.8. The zero-order valence-electron chi connectivity index (χ0n) is 8.02. The number of hydrogen-bond donors (Lipinski definition) is 2. The van der Waals surface area contributed by atoms with Gasteiger partial charge in [-0.3, -0.25) is 9.09 Å². The highest BCUT2D eigenvalue weighted by Crippen LogP contribution is 2.44. The summed E-state index contributed by atoms with van der Waals surface area (Å²) in [5, 5.41) is 0. The van der Waals surface area contributed by atoms with E-state index >= 15 is 0 Å². The van der Waals surface area contributed by atoms with E-state index < -0.39 is 20.0 Å². The van der Waals surface area contributed by atoms with Crippen molar-refractivity contribution < 1.29 is 22.3 Å². The predicted octanol–water partition coefficient (Wildman–Crippen LogP) is 2.33. The lowest BCUT2D eigenvalue weighted by atomic mass is 10.1. The van der Waals surface area contributed by atoms with Gasteiger partial charge in [-0.15, -0.1) is 0 Å². The van der Waals surface area contributed by atoms with Gasteiger partial charge in [-0.2, -0.15) is 13.2 Å². The number of benzene rings is 1. The lowest BCUT2D eigenvalue weighted by Gasteiger charge is -2.22. The van der Waals surface area contributed by atoms with Crippen molar-refractivity contribution >= 4 is 7.67 Å². The molecule has 0 aliphatic heterocycles. The first-order valence-corrected chi connectivity index (χ1v) is 5.94. The number of halogens is 3. The fourth-order valence-corrected chi connectivity index (χ4v) is 1.67. The smallest absolute Gasteiger partial charge is 0.289 e. The second kappa shape index (κ2) is 4.55. The third-order valence-electron chi connectivity index (χ3n) is 1.67. The van der Waals surface area contributed by atoms with Gasteiger partial charge in [0.25, 0.3) is 0 Å². The van der Waals surface area contributed by atoms with Gasteiger partial charge in [-0.25, -0.2) is 11.0 Å². The molecule has 0 aromatic heterocycles. The number of nitrogens with two attached hydrogens (primary N) is 2. The van der Waals surface area contributed by atoms with Crippen LogP contribution in [0, 0.1) is 0 Å². The Morgan fingerprint density at radius 1 is 1.19 bits per heavy atom. The molecule has 1 atom stereocenters. The van der Waals surface area contributed by atoms with Crippen LogP contribution in [-0.4, -0.2) is 6.18 Å². The van der Waals surface area contributed by atoms with Crippen molar-refractivity contribution in [2.24, 2.45) is 11.0 Å². The molecule has 1 rings (SSSR count). The summed E-state index contributed by atoms with van der Waals surface area (Å²) in [6, 6.07) is 6.72.